The molecule has 0 N–H and O–H groups in total. The maximum absolute atomic E-state index is 13.3. The highest BCUT2D eigenvalue weighted by molar-refractivity contribution is 6.17. The number of amides is 2. The van der Waals surface area contributed by atoms with Crippen molar-refractivity contribution in [2.24, 2.45) is 0 Å². The van der Waals surface area contributed by atoms with Gasteiger partial charge >= 0.3 is 6.18 Å². The molecule has 0 spiro atoms. The average molecular weight is 442 g/mol. The van der Waals surface area contributed by atoms with E-state index < -0.39 is 29.5 Å². The molecular weight excluding hydrogens is 424 g/mol. The lowest BCUT2D eigenvalue weighted by molar-refractivity contribution is -0.137. The summed E-state index contributed by atoms with van der Waals surface area (Å²) < 4.78 is 51.8. The molecule has 4 nitrogen and oxygen atoms in total. The summed E-state index contributed by atoms with van der Waals surface area (Å²) in [4.78, 5) is 29.2. The van der Waals surface area contributed by atoms with E-state index in [1.165, 1.54) is 46.2 Å². The largest absolute Gasteiger partial charge is 0.416 e. The molecule has 4 rings (SSSR count). The van der Waals surface area contributed by atoms with E-state index in [1.807, 2.05) is 0 Å². The first-order valence-electron chi connectivity index (χ1n) is 9.82. The Hall–Kier alpha value is -3.68. The van der Waals surface area contributed by atoms with Gasteiger partial charge in [0.25, 0.3) is 5.91 Å². The number of carbonyl (C=O) groups is 2. The van der Waals surface area contributed by atoms with Gasteiger partial charge in [-0.2, -0.15) is 13.2 Å². The Labute approximate surface area is 181 Å². The summed E-state index contributed by atoms with van der Waals surface area (Å²) >= 11 is 0. The maximum Gasteiger partial charge on any atom is 0.416 e. The lowest BCUT2D eigenvalue weighted by Crippen LogP contribution is -2.54. The van der Waals surface area contributed by atoms with Crippen LogP contribution in [0.3, 0.4) is 0 Å². The Morgan fingerprint density at radius 1 is 0.906 bits per heavy atom. The highest BCUT2D eigenvalue weighted by Gasteiger charge is 2.39. The molecule has 2 amide bonds. The Morgan fingerprint density at radius 2 is 1.50 bits per heavy atom. The van der Waals surface area contributed by atoms with Crippen molar-refractivity contribution in [3.8, 4) is 0 Å². The molecule has 0 aromatic heterocycles. The fraction of sp³-hybridized carbons (Fsp3) is 0.167. The number of hydrogen-bond acceptors (Lipinski definition) is 2. The van der Waals surface area contributed by atoms with Crippen LogP contribution in [-0.2, 0) is 17.5 Å². The van der Waals surface area contributed by atoms with Crippen LogP contribution in [0.5, 0.6) is 0 Å². The lowest BCUT2D eigenvalue weighted by atomic mass is 10.0. The van der Waals surface area contributed by atoms with Gasteiger partial charge in [0.2, 0.25) is 5.91 Å². The smallest absolute Gasteiger partial charge is 0.304 e. The summed E-state index contributed by atoms with van der Waals surface area (Å²) in [6.07, 6.45) is -4.44. The molecule has 164 valence electrons. The number of hydrogen-bond donors (Lipinski definition) is 0. The van der Waals surface area contributed by atoms with Crippen molar-refractivity contribution < 1.29 is 27.2 Å². The fourth-order valence-electron chi connectivity index (χ4n) is 3.72. The number of nitrogens with zero attached hydrogens (tertiary/aromatic N) is 2. The van der Waals surface area contributed by atoms with Crippen molar-refractivity contribution in [1.29, 1.82) is 0 Å². The van der Waals surface area contributed by atoms with Crippen molar-refractivity contribution in [1.82, 2.24) is 0 Å². The number of rotatable bonds is 3. The molecule has 8 heteroatoms. The second-order valence-corrected chi connectivity index (χ2v) is 7.47. The van der Waals surface area contributed by atoms with Gasteiger partial charge in [0, 0.05) is 5.56 Å². The van der Waals surface area contributed by atoms with Gasteiger partial charge in [0.05, 0.1) is 23.5 Å². The third-order valence-electron chi connectivity index (χ3n) is 5.37. The summed E-state index contributed by atoms with van der Waals surface area (Å²) in [5, 5.41) is 0. The summed E-state index contributed by atoms with van der Waals surface area (Å²) in [5.74, 6) is -1.31. The van der Waals surface area contributed by atoms with Crippen molar-refractivity contribution in [2.75, 3.05) is 9.80 Å². The maximum atomic E-state index is 13.3. The van der Waals surface area contributed by atoms with Crippen molar-refractivity contribution in [3.05, 3.63) is 95.3 Å². The lowest BCUT2D eigenvalue weighted by Gasteiger charge is -2.40. The number of carbonyl (C=O) groups excluding carboxylic acids is 2. The van der Waals surface area contributed by atoms with Crippen LogP contribution >= 0.6 is 0 Å². The van der Waals surface area contributed by atoms with E-state index in [0.717, 1.165) is 12.1 Å². The average Bonchev–Trinajstić information content (AvgIpc) is 2.77. The van der Waals surface area contributed by atoms with Crippen molar-refractivity contribution in [3.63, 3.8) is 0 Å². The molecule has 0 bridgehead atoms. The Balaban J connectivity index is 1.68. The molecule has 3 aromatic carbocycles. The Kier molecular flexibility index (Phi) is 5.46. The normalized spacial score (nSPS) is 16.2. The minimum absolute atomic E-state index is 0.0525. The van der Waals surface area contributed by atoms with Gasteiger partial charge in [-0.1, -0.05) is 24.3 Å². The zero-order valence-corrected chi connectivity index (χ0v) is 16.9. The number of benzene rings is 3. The standard InChI is InChI=1S/C24H18F4N2O2/c1-15-22(31)29(14-16-6-10-18(11-7-16)24(26,27)28)20-4-2-3-5-21(20)30(15)23(32)17-8-12-19(25)13-9-17/h2-13,15H,14H2,1H3/t15-/m1/s1. The Morgan fingerprint density at radius 3 is 2.09 bits per heavy atom. The topological polar surface area (TPSA) is 40.6 Å². The molecule has 1 aliphatic heterocycles. The highest BCUT2D eigenvalue weighted by Crippen LogP contribution is 2.38. The minimum Gasteiger partial charge on any atom is -0.304 e. The second kappa shape index (κ2) is 8.11. The van der Waals surface area contributed by atoms with E-state index in [4.69, 9.17) is 0 Å². The van der Waals surface area contributed by atoms with Gasteiger partial charge < -0.3 is 4.90 Å². The molecule has 1 heterocycles. The van der Waals surface area contributed by atoms with Gasteiger partial charge in [-0.05, 0) is 61.0 Å². The molecule has 3 aromatic rings. The molecule has 1 atom stereocenters. The van der Waals surface area contributed by atoms with Crippen molar-refractivity contribution in [2.45, 2.75) is 25.7 Å². The van der Waals surface area contributed by atoms with E-state index >= 15 is 0 Å². The van der Waals surface area contributed by atoms with E-state index in [-0.39, 0.29) is 18.0 Å². The van der Waals surface area contributed by atoms with Crippen LogP contribution in [0.4, 0.5) is 28.9 Å². The second-order valence-electron chi connectivity index (χ2n) is 7.47. The monoisotopic (exact) mass is 442 g/mol. The molecule has 0 aliphatic carbocycles. The van der Waals surface area contributed by atoms with Crippen LogP contribution in [0.2, 0.25) is 0 Å². The summed E-state index contributed by atoms with van der Waals surface area (Å²) in [6, 6.07) is 15.6. The quantitative estimate of drug-likeness (QED) is 0.508. The minimum atomic E-state index is -4.44. The Bertz CT molecular complexity index is 1160. The summed E-state index contributed by atoms with van der Waals surface area (Å²) in [7, 11) is 0. The highest BCUT2D eigenvalue weighted by atomic mass is 19.4. The zero-order valence-electron chi connectivity index (χ0n) is 16.9. The third-order valence-corrected chi connectivity index (χ3v) is 5.37. The van der Waals surface area contributed by atoms with Crippen molar-refractivity contribution >= 4 is 23.2 Å². The SMILES string of the molecule is C[C@@H]1C(=O)N(Cc2ccc(C(F)(F)F)cc2)c2ccccc2N1C(=O)c1ccc(F)cc1. The molecule has 0 fully saturated rings. The number of anilines is 2. The first-order chi connectivity index (χ1) is 15.2. The van der Waals surface area contributed by atoms with Gasteiger partial charge in [0.15, 0.2) is 0 Å². The van der Waals surface area contributed by atoms with Gasteiger partial charge in [-0.25, -0.2) is 4.39 Å². The zero-order chi connectivity index (χ0) is 23.0. The van der Waals surface area contributed by atoms with Gasteiger partial charge in [-0.3, -0.25) is 14.5 Å². The molecule has 0 unspecified atom stereocenters. The predicted octanol–water partition coefficient (Wildman–Crippen LogP) is 5.43. The van der Waals surface area contributed by atoms with Crippen LogP contribution < -0.4 is 9.80 Å². The molecule has 0 saturated carbocycles. The number of para-hydroxylation sites is 2. The molecule has 0 radical (unpaired) electrons. The molecular formula is C24H18F4N2O2. The third kappa shape index (κ3) is 3.95. The first-order valence-corrected chi connectivity index (χ1v) is 9.82. The van der Waals surface area contributed by atoms with Crippen LogP contribution in [-0.4, -0.2) is 17.9 Å². The summed E-state index contributed by atoms with van der Waals surface area (Å²) in [5.41, 5.74) is 0.937. The molecule has 1 aliphatic rings. The van der Waals surface area contributed by atoms with E-state index in [0.29, 0.717) is 16.9 Å². The number of halogens is 4. The van der Waals surface area contributed by atoms with E-state index in [9.17, 15) is 27.2 Å². The molecule has 0 saturated heterocycles. The number of alkyl halides is 3. The van der Waals surface area contributed by atoms with E-state index in [1.54, 1.807) is 31.2 Å². The van der Waals surface area contributed by atoms with Crippen LogP contribution in [0, 0.1) is 5.82 Å². The first kappa shape index (κ1) is 21.5. The van der Waals surface area contributed by atoms with Gasteiger partial charge in [0.1, 0.15) is 11.9 Å². The van der Waals surface area contributed by atoms with Crippen LogP contribution in [0.15, 0.2) is 72.8 Å². The molecule has 32 heavy (non-hydrogen) atoms. The van der Waals surface area contributed by atoms with E-state index in [2.05, 4.69) is 0 Å². The summed E-state index contributed by atoms with van der Waals surface area (Å²) in [6.45, 7) is 1.64. The van der Waals surface area contributed by atoms with Crippen LogP contribution in [0.1, 0.15) is 28.4 Å². The number of fused-ring (bicyclic) bond motifs is 1. The van der Waals surface area contributed by atoms with Crippen LogP contribution in [0.25, 0.3) is 0 Å². The fourth-order valence-corrected chi connectivity index (χ4v) is 3.72. The predicted molar refractivity (Wildman–Crippen MR) is 112 cm³/mol. The van der Waals surface area contributed by atoms with Gasteiger partial charge in [-0.15, -0.1) is 0 Å².